The van der Waals surface area contributed by atoms with E-state index in [2.05, 4.69) is 19.0 Å². The van der Waals surface area contributed by atoms with Crippen LogP contribution in [0, 0.1) is 11.7 Å². The lowest BCUT2D eigenvalue weighted by Gasteiger charge is -2.37. The van der Waals surface area contributed by atoms with Crippen LogP contribution in [0.1, 0.15) is 0 Å². The van der Waals surface area contributed by atoms with E-state index in [0.717, 1.165) is 27.1 Å². The summed E-state index contributed by atoms with van der Waals surface area (Å²) >= 11 is 2.57. The monoisotopic (exact) mass is 385 g/mol. The van der Waals surface area contributed by atoms with Gasteiger partial charge in [-0.1, -0.05) is 23.5 Å². The van der Waals surface area contributed by atoms with Crippen LogP contribution < -0.4 is 10.2 Å². The molecule has 1 aliphatic heterocycles. The standard InChI is InChI=1S/C17H12FN5OS2/c18-10-3-1-6-13-14(10)20-17(25-13)23-7-9(8-23)16(24)19-11-4-2-5-12-15(11)22-26-21-12/h1-6,9H,7-8H2,(H,19,24). The summed E-state index contributed by atoms with van der Waals surface area (Å²) in [6.07, 6.45) is 0. The Balaban J connectivity index is 1.29. The van der Waals surface area contributed by atoms with Crippen molar-refractivity contribution >= 4 is 61.0 Å². The molecule has 0 unspecified atom stereocenters. The van der Waals surface area contributed by atoms with E-state index in [1.54, 1.807) is 6.07 Å². The summed E-state index contributed by atoms with van der Waals surface area (Å²) in [7, 11) is 0. The summed E-state index contributed by atoms with van der Waals surface area (Å²) < 4.78 is 23.0. The summed E-state index contributed by atoms with van der Waals surface area (Å²) in [6.45, 7) is 1.14. The van der Waals surface area contributed by atoms with Crippen molar-refractivity contribution in [3.63, 3.8) is 0 Å². The van der Waals surface area contributed by atoms with Crippen LogP contribution in [0.5, 0.6) is 0 Å². The first kappa shape index (κ1) is 15.6. The van der Waals surface area contributed by atoms with Crippen molar-refractivity contribution in [2.24, 2.45) is 5.92 Å². The lowest BCUT2D eigenvalue weighted by molar-refractivity contribution is -0.120. The molecule has 3 heterocycles. The number of para-hydroxylation sites is 1. The fourth-order valence-electron chi connectivity index (χ4n) is 2.98. The average molecular weight is 385 g/mol. The Kier molecular flexibility index (Phi) is 3.57. The van der Waals surface area contributed by atoms with Gasteiger partial charge in [0.15, 0.2) is 5.13 Å². The molecule has 6 nitrogen and oxygen atoms in total. The van der Waals surface area contributed by atoms with Gasteiger partial charge in [0, 0.05) is 13.1 Å². The van der Waals surface area contributed by atoms with Crippen LogP contribution >= 0.6 is 23.1 Å². The first-order valence-electron chi connectivity index (χ1n) is 8.01. The van der Waals surface area contributed by atoms with Crippen molar-refractivity contribution in [2.45, 2.75) is 0 Å². The molecule has 9 heteroatoms. The number of hydrogen-bond acceptors (Lipinski definition) is 7. The normalized spacial score (nSPS) is 14.7. The van der Waals surface area contributed by atoms with Gasteiger partial charge in [0.25, 0.3) is 0 Å². The molecule has 1 aliphatic rings. The van der Waals surface area contributed by atoms with E-state index in [1.165, 1.54) is 17.4 Å². The number of aromatic nitrogens is 3. The maximum absolute atomic E-state index is 13.8. The topological polar surface area (TPSA) is 71.0 Å². The molecule has 0 radical (unpaired) electrons. The van der Waals surface area contributed by atoms with Crippen LogP contribution in [-0.4, -0.2) is 32.7 Å². The van der Waals surface area contributed by atoms with Gasteiger partial charge in [-0.3, -0.25) is 4.79 Å². The highest BCUT2D eigenvalue weighted by Gasteiger charge is 2.34. The summed E-state index contributed by atoms with van der Waals surface area (Å²) in [5.41, 5.74) is 2.56. The lowest BCUT2D eigenvalue weighted by atomic mass is 10.00. The minimum absolute atomic E-state index is 0.0472. The number of thiazole rings is 1. The molecule has 5 rings (SSSR count). The fourth-order valence-corrected chi connectivity index (χ4v) is 4.53. The molecule has 1 saturated heterocycles. The smallest absolute Gasteiger partial charge is 0.231 e. The van der Waals surface area contributed by atoms with Gasteiger partial charge in [0.05, 0.1) is 28.0 Å². The van der Waals surface area contributed by atoms with Gasteiger partial charge in [0.1, 0.15) is 22.4 Å². The Morgan fingerprint density at radius 1 is 1.15 bits per heavy atom. The third-order valence-corrected chi connectivity index (χ3v) is 6.05. The second kappa shape index (κ2) is 5.96. The van der Waals surface area contributed by atoms with Gasteiger partial charge in [0.2, 0.25) is 5.91 Å². The molecule has 1 amide bonds. The van der Waals surface area contributed by atoms with Crippen molar-refractivity contribution < 1.29 is 9.18 Å². The van der Waals surface area contributed by atoms with E-state index in [1.807, 2.05) is 29.2 Å². The Morgan fingerprint density at radius 2 is 2.00 bits per heavy atom. The van der Waals surface area contributed by atoms with E-state index < -0.39 is 0 Å². The van der Waals surface area contributed by atoms with E-state index >= 15 is 0 Å². The number of benzene rings is 2. The summed E-state index contributed by atoms with van der Waals surface area (Å²) in [4.78, 5) is 18.9. The van der Waals surface area contributed by atoms with E-state index in [9.17, 15) is 9.18 Å². The van der Waals surface area contributed by atoms with Crippen molar-refractivity contribution in [2.75, 3.05) is 23.3 Å². The Morgan fingerprint density at radius 3 is 2.85 bits per heavy atom. The van der Waals surface area contributed by atoms with Crippen molar-refractivity contribution in [3.8, 4) is 0 Å². The molecule has 0 spiro atoms. The second-order valence-corrected chi connectivity index (χ2v) is 7.65. The molecule has 0 atom stereocenters. The number of nitrogens with zero attached hydrogens (tertiary/aromatic N) is 4. The molecule has 1 fully saturated rings. The summed E-state index contributed by atoms with van der Waals surface area (Å²) in [6, 6.07) is 10.5. The van der Waals surface area contributed by atoms with Gasteiger partial charge in [-0.05, 0) is 24.3 Å². The zero-order valence-electron chi connectivity index (χ0n) is 13.3. The highest BCUT2D eigenvalue weighted by Crippen LogP contribution is 2.34. The molecule has 1 N–H and O–H groups in total. The predicted octanol–water partition coefficient (Wildman–Crippen LogP) is 3.52. The van der Waals surface area contributed by atoms with E-state index in [4.69, 9.17) is 0 Å². The zero-order valence-corrected chi connectivity index (χ0v) is 15.0. The molecule has 4 aromatic rings. The molecular weight excluding hydrogens is 373 g/mol. The number of rotatable bonds is 3. The molecule has 0 bridgehead atoms. The Hall–Kier alpha value is -2.65. The van der Waals surface area contributed by atoms with Gasteiger partial charge in [-0.25, -0.2) is 9.37 Å². The van der Waals surface area contributed by atoms with Gasteiger partial charge in [-0.15, -0.1) is 0 Å². The van der Waals surface area contributed by atoms with Gasteiger partial charge < -0.3 is 10.2 Å². The van der Waals surface area contributed by atoms with Gasteiger partial charge >= 0.3 is 0 Å². The van der Waals surface area contributed by atoms with Crippen molar-refractivity contribution in [1.29, 1.82) is 0 Å². The molecular formula is C17H12FN5OS2. The number of amides is 1. The predicted molar refractivity (Wildman–Crippen MR) is 101 cm³/mol. The zero-order chi connectivity index (χ0) is 17.7. The van der Waals surface area contributed by atoms with Gasteiger partial charge in [-0.2, -0.15) is 8.75 Å². The fraction of sp³-hybridized carbons (Fsp3) is 0.176. The molecule has 26 heavy (non-hydrogen) atoms. The minimum Gasteiger partial charge on any atom is -0.346 e. The second-order valence-electron chi connectivity index (χ2n) is 6.11. The Bertz CT molecular complexity index is 1130. The van der Waals surface area contributed by atoms with E-state index in [0.29, 0.717) is 29.8 Å². The van der Waals surface area contributed by atoms with Crippen LogP contribution in [0.4, 0.5) is 15.2 Å². The van der Waals surface area contributed by atoms with E-state index in [-0.39, 0.29) is 17.6 Å². The van der Waals surface area contributed by atoms with Crippen LogP contribution in [0.3, 0.4) is 0 Å². The first-order chi connectivity index (χ1) is 12.7. The van der Waals surface area contributed by atoms with Crippen molar-refractivity contribution in [1.82, 2.24) is 13.7 Å². The number of carbonyl (C=O) groups excluding carboxylic acids is 1. The van der Waals surface area contributed by atoms with Crippen LogP contribution in [0.2, 0.25) is 0 Å². The molecule has 2 aromatic carbocycles. The molecule has 2 aromatic heterocycles. The summed E-state index contributed by atoms with van der Waals surface area (Å²) in [5, 5.41) is 3.69. The van der Waals surface area contributed by atoms with Crippen LogP contribution in [0.15, 0.2) is 36.4 Å². The maximum atomic E-state index is 13.8. The highest BCUT2D eigenvalue weighted by atomic mass is 32.1. The quantitative estimate of drug-likeness (QED) is 0.584. The third kappa shape index (κ3) is 2.51. The number of halogens is 1. The lowest BCUT2D eigenvalue weighted by Crippen LogP contribution is -2.52. The van der Waals surface area contributed by atoms with Crippen LogP contribution in [-0.2, 0) is 4.79 Å². The number of fused-ring (bicyclic) bond motifs is 2. The number of nitrogens with one attached hydrogen (secondary N) is 1. The highest BCUT2D eigenvalue weighted by molar-refractivity contribution is 7.22. The minimum atomic E-state index is -0.315. The Labute approximate surface area is 155 Å². The third-order valence-electron chi connectivity index (χ3n) is 4.43. The molecule has 0 saturated carbocycles. The molecule has 0 aliphatic carbocycles. The summed E-state index contributed by atoms with van der Waals surface area (Å²) in [5.74, 6) is -0.493. The average Bonchev–Trinajstić information content (AvgIpc) is 3.21. The first-order valence-corrected chi connectivity index (χ1v) is 9.56. The molecule has 130 valence electrons. The van der Waals surface area contributed by atoms with Crippen LogP contribution in [0.25, 0.3) is 21.3 Å². The number of carbonyl (C=O) groups is 1. The van der Waals surface area contributed by atoms with Crippen molar-refractivity contribution in [3.05, 3.63) is 42.2 Å². The number of hydrogen-bond donors (Lipinski definition) is 1. The largest absolute Gasteiger partial charge is 0.346 e. The number of anilines is 2. The maximum Gasteiger partial charge on any atom is 0.231 e. The SMILES string of the molecule is O=C(Nc1cccc2nsnc12)C1CN(c2nc3c(F)cccc3s2)C1.